The average Bonchev–Trinajstić information content (AvgIpc) is 2.99. The lowest BCUT2D eigenvalue weighted by molar-refractivity contribution is -0.0658. The lowest BCUT2D eigenvalue weighted by atomic mass is 10.0. The number of rotatable bonds is 5. The summed E-state index contributed by atoms with van der Waals surface area (Å²) in [6, 6.07) is 4.52. The van der Waals surface area contributed by atoms with Gasteiger partial charge in [-0.25, -0.2) is 4.79 Å². The van der Waals surface area contributed by atoms with Gasteiger partial charge in [0.1, 0.15) is 18.5 Å². The van der Waals surface area contributed by atoms with Crippen LogP contribution in [0.5, 0.6) is 11.5 Å². The third-order valence-electron chi connectivity index (χ3n) is 3.81. The predicted octanol–water partition coefficient (Wildman–Crippen LogP) is 2.06. The number of hydrogen-bond acceptors (Lipinski definition) is 7. The quantitative estimate of drug-likeness (QED) is 0.688. The van der Waals surface area contributed by atoms with Gasteiger partial charge in [-0.15, -0.1) is 0 Å². The van der Waals surface area contributed by atoms with Gasteiger partial charge in [0.2, 0.25) is 5.75 Å². The molecule has 0 amide bonds. The number of aliphatic hydroxyl groups is 2. The number of hydrogen-bond donors (Lipinski definition) is 2. The van der Waals surface area contributed by atoms with Crippen molar-refractivity contribution in [2.75, 3.05) is 13.7 Å². The van der Waals surface area contributed by atoms with Gasteiger partial charge in [-0.05, 0) is 26.0 Å². The molecule has 0 spiro atoms. The number of aliphatic hydroxyl groups excluding tert-OH is 1. The molecule has 0 unspecified atom stereocenters. The largest absolute Gasteiger partial charge is 0.490 e. The van der Waals surface area contributed by atoms with Gasteiger partial charge in [-0.3, -0.25) is 0 Å². The van der Waals surface area contributed by atoms with Gasteiger partial charge >= 0.3 is 5.63 Å². The van der Waals surface area contributed by atoms with Crippen molar-refractivity contribution in [2.24, 2.45) is 0 Å². The maximum Gasteiger partial charge on any atom is 0.336 e. The van der Waals surface area contributed by atoms with Crippen LogP contribution in [0.2, 0.25) is 0 Å². The third-order valence-corrected chi connectivity index (χ3v) is 3.81. The van der Waals surface area contributed by atoms with E-state index in [0.29, 0.717) is 22.1 Å². The number of methoxy groups -OCH3 is 1. The molecule has 7 heteroatoms. The van der Waals surface area contributed by atoms with Crippen LogP contribution in [0.3, 0.4) is 0 Å². The summed E-state index contributed by atoms with van der Waals surface area (Å²) in [6.07, 6.45) is 0.357. The zero-order valence-corrected chi connectivity index (χ0v) is 13.5. The van der Waals surface area contributed by atoms with E-state index >= 15 is 0 Å². The smallest absolute Gasteiger partial charge is 0.336 e. The summed E-state index contributed by atoms with van der Waals surface area (Å²) in [7, 11) is 1.45. The van der Waals surface area contributed by atoms with Crippen molar-refractivity contribution in [1.29, 1.82) is 0 Å². The molecule has 2 aromatic heterocycles. The standard InChI is InChI=1S/C17H18O7/c1-17(2,20)11(18)8-23-13-9-4-5-12(19)24-15(9)16(21-3)14-10(13)6-7-22-14/h4-7,11,18,20H,8H2,1-3H3/t11-/m1/s1. The minimum atomic E-state index is -1.32. The zero-order chi connectivity index (χ0) is 17.5. The molecule has 3 rings (SSSR count). The van der Waals surface area contributed by atoms with E-state index in [4.69, 9.17) is 18.3 Å². The fourth-order valence-electron chi connectivity index (χ4n) is 2.38. The van der Waals surface area contributed by atoms with Crippen molar-refractivity contribution < 1.29 is 28.5 Å². The van der Waals surface area contributed by atoms with E-state index in [-0.39, 0.29) is 17.9 Å². The summed E-state index contributed by atoms with van der Waals surface area (Å²) >= 11 is 0. The minimum absolute atomic E-state index is 0.148. The van der Waals surface area contributed by atoms with Crippen LogP contribution in [0.25, 0.3) is 21.9 Å². The zero-order valence-electron chi connectivity index (χ0n) is 13.5. The Labute approximate surface area is 137 Å². The highest BCUT2D eigenvalue weighted by molar-refractivity contribution is 6.06. The molecular weight excluding hydrogens is 316 g/mol. The van der Waals surface area contributed by atoms with E-state index in [1.165, 1.54) is 33.3 Å². The van der Waals surface area contributed by atoms with Crippen molar-refractivity contribution in [2.45, 2.75) is 25.6 Å². The van der Waals surface area contributed by atoms with Crippen molar-refractivity contribution in [1.82, 2.24) is 0 Å². The van der Waals surface area contributed by atoms with Crippen molar-refractivity contribution >= 4 is 21.9 Å². The van der Waals surface area contributed by atoms with E-state index in [9.17, 15) is 15.0 Å². The van der Waals surface area contributed by atoms with Gasteiger partial charge in [0, 0.05) is 6.07 Å². The molecule has 0 saturated heterocycles. The topological polar surface area (TPSA) is 102 Å². The Morgan fingerprint density at radius 2 is 1.88 bits per heavy atom. The van der Waals surface area contributed by atoms with Crippen LogP contribution in [0.1, 0.15) is 13.8 Å². The van der Waals surface area contributed by atoms with Gasteiger partial charge in [-0.1, -0.05) is 0 Å². The van der Waals surface area contributed by atoms with Crippen molar-refractivity contribution in [3.63, 3.8) is 0 Å². The molecule has 0 radical (unpaired) electrons. The second kappa shape index (κ2) is 5.85. The predicted molar refractivity (Wildman–Crippen MR) is 86.6 cm³/mol. The third kappa shape index (κ3) is 2.72. The van der Waals surface area contributed by atoms with Gasteiger partial charge in [0.25, 0.3) is 0 Å². The second-order valence-corrected chi connectivity index (χ2v) is 6.00. The fourth-order valence-corrected chi connectivity index (χ4v) is 2.38. The SMILES string of the molecule is COc1c2occc2c(OC[C@@H](O)C(C)(C)O)c2ccc(=O)oc12. The molecule has 0 aliphatic rings. The first kappa shape index (κ1) is 16.4. The molecule has 7 nitrogen and oxygen atoms in total. The molecule has 1 atom stereocenters. The molecule has 0 bridgehead atoms. The van der Waals surface area contributed by atoms with Gasteiger partial charge in [0.05, 0.1) is 29.7 Å². The van der Waals surface area contributed by atoms with Crippen LogP contribution < -0.4 is 15.1 Å². The minimum Gasteiger partial charge on any atom is -0.490 e. The Bertz CT molecular complexity index is 930. The Morgan fingerprint density at radius 3 is 2.54 bits per heavy atom. The molecule has 128 valence electrons. The molecule has 0 aliphatic heterocycles. The summed E-state index contributed by atoms with van der Waals surface area (Å²) in [5, 5.41) is 20.9. The highest BCUT2D eigenvalue weighted by Gasteiger charge is 2.27. The lowest BCUT2D eigenvalue weighted by Gasteiger charge is -2.24. The molecule has 2 N–H and O–H groups in total. The van der Waals surface area contributed by atoms with Crippen LogP contribution in [-0.2, 0) is 0 Å². The van der Waals surface area contributed by atoms with Crippen LogP contribution >= 0.6 is 0 Å². The Balaban J connectivity index is 2.18. The summed E-state index contributed by atoms with van der Waals surface area (Å²) in [5.74, 6) is 0.666. The Morgan fingerprint density at radius 1 is 1.17 bits per heavy atom. The van der Waals surface area contributed by atoms with Crippen LogP contribution in [0.4, 0.5) is 0 Å². The molecule has 0 aliphatic carbocycles. The first-order valence-electron chi connectivity index (χ1n) is 7.37. The van der Waals surface area contributed by atoms with E-state index in [2.05, 4.69) is 0 Å². The maximum absolute atomic E-state index is 11.6. The molecule has 2 heterocycles. The normalized spacial score (nSPS) is 13.4. The van der Waals surface area contributed by atoms with Gasteiger partial charge in [-0.2, -0.15) is 0 Å². The molecule has 0 saturated carbocycles. The molecule has 0 fully saturated rings. The summed E-state index contributed by atoms with van der Waals surface area (Å²) in [6.45, 7) is 2.82. The number of furan rings is 1. The monoisotopic (exact) mass is 334 g/mol. The first-order valence-corrected chi connectivity index (χ1v) is 7.37. The van der Waals surface area contributed by atoms with Crippen molar-refractivity contribution in [3.8, 4) is 11.5 Å². The lowest BCUT2D eigenvalue weighted by Crippen LogP contribution is -2.40. The van der Waals surface area contributed by atoms with Crippen LogP contribution in [-0.4, -0.2) is 35.6 Å². The highest BCUT2D eigenvalue weighted by atomic mass is 16.5. The van der Waals surface area contributed by atoms with Crippen LogP contribution in [0.15, 0.2) is 38.1 Å². The van der Waals surface area contributed by atoms with Gasteiger partial charge in [0.15, 0.2) is 11.2 Å². The molecular formula is C17H18O7. The van der Waals surface area contributed by atoms with Crippen LogP contribution in [0, 0.1) is 0 Å². The van der Waals surface area contributed by atoms with Gasteiger partial charge < -0.3 is 28.5 Å². The maximum atomic E-state index is 11.6. The molecule has 24 heavy (non-hydrogen) atoms. The fraction of sp³-hybridized carbons (Fsp3) is 0.353. The number of ether oxygens (including phenoxy) is 2. The number of fused-ring (bicyclic) bond motifs is 2. The van der Waals surface area contributed by atoms with E-state index in [1.807, 2.05) is 0 Å². The highest BCUT2D eigenvalue weighted by Crippen LogP contribution is 2.42. The average molecular weight is 334 g/mol. The molecule has 1 aromatic carbocycles. The molecule has 3 aromatic rings. The van der Waals surface area contributed by atoms with E-state index < -0.39 is 17.3 Å². The number of benzene rings is 1. The second-order valence-electron chi connectivity index (χ2n) is 6.00. The summed E-state index contributed by atoms with van der Waals surface area (Å²) in [5.41, 5.74) is -1.29. The first-order chi connectivity index (χ1) is 11.3. The summed E-state index contributed by atoms with van der Waals surface area (Å²) < 4.78 is 21.7. The van der Waals surface area contributed by atoms with E-state index in [0.717, 1.165) is 0 Å². The van der Waals surface area contributed by atoms with Crippen molar-refractivity contribution in [3.05, 3.63) is 34.9 Å². The summed E-state index contributed by atoms with van der Waals surface area (Å²) in [4.78, 5) is 11.6. The Hall–Kier alpha value is -2.51. The Kier molecular flexibility index (Phi) is 3.98. The van der Waals surface area contributed by atoms with E-state index in [1.54, 1.807) is 12.1 Å².